The molecule has 0 aliphatic carbocycles. The normalized spacial score (nSPS) is 14.2. The van der Waals surface area contributed by atoms with Crippen LogP contribution < -0.4 is 10.2 Å². The lowest BCUT2D eigenvalue weighted by molar-refractivity contribution is 0.0526. The third-order valence-corrected chi connectivity index (χ3v) is 4.59. The predicted molar refractivity (Wildman–Crippen MR) is 104 cm³/mol. The van der Waals surface area contributed by atoms with Crippen LogP contribution >= 0.6 is 0 Å². The fraction of sp³-hybridized carbons (Fsp3) is 0.381. The van der Waals surface area contributed by atoms with E-state index < -0.39 is 0 Å². The summed E-state index contributed by atoms with van der Waals surface area (Å²) in [5.41, 5.74) is 4.91. The number of carbonyl (C=O) groups is 1. The average molecular weight is 354 g/mol. The summed E-state index contributed by atoms with van der Waals surface area (Å²) >= 11 is 0. The molecule has 1 aliphatic heterocycles. The lowest BCUT2D eigenvalue weighted by atomic mass is 10.1. The molecule has 1 fully saturated rings. The van der Waals surface area contributed by atoms with Crippen molar-refractivity contribution in [2.45, 2.75) is 20.4 Å². The zero-order chi connectivity index (χ0) is 18.4. The Bertz CT molecular complexity index is 755. The molecule has 1 N–H and O–H groups in total. The van der Waals surface area contributed by atoms with Crippen molar-refractivity contribution < 1.29 is 14.3 Å². The number of esters is 1. The summed E-state index contributed by atoms with van der Waals surface area (Å²) in [7, 11) is 0. The van der Waals surface area contributed by atoms with Crippen molar-refractivity contribution in [3.05, 3.63) is 59.2 Å². The second-order valence-electron chi connectivity index (χ2n) is 6.33. The summed E-state index contributed by atoms with van der Waals surface area (Å²) in [6, 6.07) is 14.2. The zero-order valence-electron chi connectivity index (χ0n) is 15.5. The smallest absolute Gasteiger partial charge is 0.340 e. The number of anilines is 2. The monoisotopic (exact) mass is 354 g/mol. The van der Waals surface area contributed by atoms with E-state index in [4.69, 9.17) is 9.47 Å². The lowest BCUT2D eigenvalue weighted by Crippen LogP contribution is -2.37. The van der Waals surface area contributed by atoms with E-state index in [0.29, 0.717) is 31.9 Å². The molecule has 0 radical (unpaired) electrons. The van der Waals surface area contributed by atoms with Gasteiger partial charge in [0.15, 0.2) is 0 Å². The average Bonchev–Trinajstić information content (AvgIpc) is 2.68. The summed E-state index contributed by atoms with van der Waals surface area (Å²) in [6.45, 7) is 7.92. The van der Waals surface area contributed by atoms with Crippen LogP contribution in [0.25, 0.3) is 0 Å². The molecule has 5 heteroatoms. The van der Waals surface area contributed by atoms with Crippen LogP contribution in [0, 0.1) is 6.92 Å². The molecule has 2 aromatic rings. The first-order valence-corrected chi connectivity index (χ1v) is 9.11. The molecule has 138 valence electrons. The Morgan fingerprint density at radius 1 is 1.19 bits per heavy atom. The van der Waals surface area contributed by atoms with Gasteiger partial charge in [0.1, 0.15) is 0 Å². The summed E-state index contributed by atoms with van der Waals surface area (Å²) < 4.78 is 10.7. The van der Waals surface area contributed by atoms with Crippen LogP contribution in [0.4, 0.5) is 11.4 Å². The number of benzene rings is 2. The molecule has 0 aromatic heterocycles. The maximum absolute atomic E-state index is 12.5. The Morgan fingerprint density at radius 2 is 1.96 bits per heavy atom. The number of nitrogens with one attached hydrogen (secondary N) is 1. The highest BCUT2D eigenvalue weighted by Crippen LogP contribution is 2.26. The van der Waals surface area contributed by atoms with Crippen molar-refractivity contribution in [3.63, 3.8) is 0 Å². The Labute approximate surface area is 154 Å². The van der Waals surface area contributed by atoms with Gasteiger partial charge in [0.2, 0.25) is 0 Å². The van der Waals surface area contributed by atoms with Crippen molar-refractivity contribution in [1.29, 1.82) is 0 Å². The lowest BCUT2D eigenvalue weighted by Gasteiger charge is -2.30. The largest absolute Gasteiger partial charge is 0.462 e. The first-order valence-electron chi connectivity index (χ1n) is 9.11. The number of rotatable bonds is 6. The summed E-state index contributed by atoms with van der Waals surface area (Å²) in [5, 5.41) is 3.42. The standard InChI is InChI=1S/C21H26N2O3/c1-3-26-21(24)19-14-18(22-15-17-7-5-4-6-16(17)2)8-9-20(19)23-10-12-25-13-11-23/h4-9,14,22H,3,10-13,15H2,1-2H3. The highest BCUT2D eigenvalue weighted by atomic mass is 16.5. The number of hydrogen-bond acceptors (Lipinski definition) is 5. The van der Waals surface area contributed by atoms with Crippen LogP contribution in [0.3, 0.4) is 0 Å². The number of nitrogens with zero attached hydrogens (tertiary/aromatic N) is 1. The van der Waals surface area contributed by atoms with Crippen LogP contribution in [0.1, 0.15) is 28.4 Å². The van der Waals surface area contributed by atoms with Crippen molar-refractivity contribution >= 4 is 17.3 Å². The Balaban J connectivity index is 1.81. The number of ether oxygens (including phenoxy) is 2. The van der Waals surface area contributed by atoms with Gasteiger partial charge >= 0.3 is 5.97 Å². The number of aryl methyl sites for hydroxylation is 1. The molecule has 1 aliphatic rings. The van der Waals surface area contributed by atoms with Crippen LogP contribution in [0.5, 0.6) is 0 Å². The minimum absolute atomic E-state index is 0.284. The van der Waals surface area contributed by atoms with E-state index in [9.17, 15) is 4.79 Å². The maximum Gasteiger partial charge on any atom is 0.340 e. The molecule has 0 atom stereocenters. The highest BCUT2D eigenvalue weighted by molar-refractivity contribution is 5.97. The van der Waals surface area contributed by atoms with Gasteiger partial charge in [0, 0.05) is 25.3 Å². The molecule has 0 unspecified atom stereocenters. The molecule has 1 heterocycles. The van der Waals surface area contributed by atoms with E-state index in [1.807, 2.05) is 37.3 Å². The van der Waals surface area contributed by atoms with Gasteiger partial charge in [-0.05, 0) is 43.2 Å². The first kappa shape index (κ1) is 18.3. The van der Waals surface area contributed by atoms with Crippen LogP contribution in [-0.4, -0.2) is 38.9 Å². The van der Waals surface area contributed by atoms with Crippen molar-refractivity contribution in [1.82, 2.24) is 0 Å². The summed E-state index contributed by atoms with van der Waals surface area (Å²) in [5.74, 6) is -0.284. The van der Waals surface area contributed by atoms with Gasteiger partial charge < -0.3 is 19.7 Å². The minimum atomic E-state index is -0.284. The molecular formula is C21H26N2O3. The van der Waals surface area contributed by atoms with E-state index in [1.165, 1.54) is 11.1 Å². The summed E-state index contributed by atoms with van der Waals surface area (Å²) in [4.78, 5) is 14.7. The summed E-state index contributed by atoms with van der Waals surface area (Å²) in [6.07, 6.45) is 0. The third-order valence-electron chi connectivity index (χ3n) is 4.59. The van der Waals surface area contributed by atoms with E-state index in [1.54, 1.807) is 0 Å². The van der Waals surface area contributed by atoms with Crippen LogP contribution in [0.15, 0.2) is 42.5 Å². The van der Waals surface area contributed by atoms with E-state index in [2.05, 4.69) is 29.3 Å². The first-order chi connectivity index (χ1) is 12.7. The quantitative estimate of drug-likeness (QED) is 0.803. The number of hydrogen-bond donors (Lipinski definition) is 1. The van der Waals surface area contributed by atoms with Crippen molar-refractivity contribution in [2.75, 3.05) is 43.1 Å². The molecule has 3 rings (SSSR count). The van der Waals surface area contributed by atoms with Gasteiger partial charge in [-0.1, -0.05) is 24.3 Å². The predicted octanol–water partition coefficient (Wildman–Crippen LogP) is 3.62. The zero-order valence-corrected chi connectivity index (χ0v) is 15.5. The fourth-order valence-electron chi connectivity index (χ4n) is 3.10. The van der Waals surface area contributed by atoms with Gasteiger partial charge in [-0.2, -0.15) is 0 Å². The molecule has 0 amide bonds. The molecule has 0 bridgehead atoms. The Kier molecular flexibility index (Phi) is 6.12. The molecular weight excluding hydrogens is 328 g/mol. The molecule has 1 saturated heterocycles. The van der Waals surface area contributed by atoms with Gasteiger partial charge in [0.05, 0.1) is 31.1 Å². The highest BCUT2D eigenvalue weighted by Gasteiger charge is 2.20. The molecule has 0 saturated carbocycles. The molecule has 26 heavy (non-hydrogen) atoms. The van der Waals surface area contributed by atoms with Gasteiger partial charge in [0.25, 0.3) is 0 Å². The SMILES string of the molecule is CCOC(=O)c1cc(NCc2ccccc2C)ccc1N1CCOCC1. The fourth-order valence-corrected chi connectivity index (χ4v) is 3.10. The van der Waals surface area contributed by atoms with Gasteiger partial charge in [-0.15, -0.1) is 0 Å². The van der Waals surface area contributed by atoms with E-state index >= 15 is 0 Å². The molecule has 0 spiro atoms. The van der Waals surface area contributed by atoms with Crippen LogP contribution in [-0.2, 0) is 16.0 Å². The van der Waals surface area contributed by atoms with E-state index in [0.717, 1.165) is 24.5 Å². The van der Waals surface area contributed by atoms with Gasteiger partial charge in [-0.25, -0.2) is 4.79 Å². The number of carbonyl (C=O) groups excluding carboxylic acids is 1. The number of morpholine rings is 1. The van der Waals surface area contributed by atoms with Crippen LogP contribution in [0.2, 0.25) is 0 Å². The Hall–Kier alpha value is -2.53. The molecule has 2 aromatic carbocycles. The topological polar surface area (TPSA) is 50.8 Å². The van der Waals surface area contributed by atoms with Crippen molar-refractivity contribution in [3.8, 4) is 0 Å². The second-order valence-corrected chi connectivity index (χ2v) is 6.33. The second kappa shape index (κ2) is 8.72. The minimum Gasteiger partial charge on any atom is -0.462 e. The molecule has 5 nitrogen and oxygen atoms in total. The maximum atomic E-state index is 12.5. The third kappa shape index (κ3) is 4.35. The van der Waals surface area contributed by atoms with Gasteiger partial charge in [-0.3, -0.25) is 0 Å². The Morgan fingerprint density at radius 3 is 2.69 bits per heavy atom. The van der Waals surface area contributed by atoms with Crippen molar-refractivity contribution in [2.24, 2.45) is 0 Å². The van der Waals surface area contributed by atoms with E-state index in [-0.39, 0.29) is 5.97 Å².